The standard InChI is InChI=1S/C22H24N4O2/c23-18-8-3-4-9-19(18)26-21(27)10-2-1-5-13-25-22(28)17-12-11-16-7-6-14-24-20(16)15-17/h3-4,6-9,11-12,14-15H,1-2,5,10,13,23H2,(H,25,28)(H,26,27). The van der Waals surface area contributed by atoms with E-state index in [1.165, 1.54) is 0 Å². The molecule has 2 aromatic carbocycles. The molecule has 1 heterocycles. The van der Waals surface area contributed by atoms with Gasteiger partial charge in [0, 0.05) is 30.1 Å². The number of hydrogen-bond acceptors (Lipinski definition) is 4. The van der Waals surface area contributed by atoms with Crippen LogP contribution in [0.2, 0.25) is 0 Å². The average molecular weight is 376 g/mol. The molecule has 1 aromatic heterocycles. The summed E-state index contributed by atoms with van der Waals surface area (Å²) in [6.45, 7) is 0.576. The lowest BCUT2D eigenvalue weighted by Crippen LogP contribution is -2.24. The van der Waals surface area contributed by atoms with Gasteiger partial charge in [-0.05, 0) is 43.2 Å². The van der Waals surface area contributed by atoms with Crippen molar-refractivity contribution in [3.05, 3.63) is 66.4 Å². The number of carbonyl (C=O) groups excluding carboxylic acids is 2. The smallest absolute Gasteiger partial charge is 0.251 e. The molecule has 0 radical (unpaired) electrons. The highest BCUT2D eigenvalue weighted by Gasteiger charge is 2.07. The van der Waals surface area contributed by atoms with Crippen molar-refractivity contribution in [2.24, 2.45) is 0 Å². The van der Waals surface area contributed by atoms with Crippen LogP contribution in [-0.4, -0.2) is 23.3 Å². The van der Waals surface area contributed by atoms with Gasteiger partial charge in [0.05, 0.1) is 16.9 Å². The van der Waals surface area contributed by atoms with E-state index >= 15 is 0 Å². The first-order valence-corrected chi connectivity index (χ1v) is 9.41. The summed E-state index contributed by atoms with van der Waals surface area (Å²) in [5.74, 6) is -0.157. The predicted octanol–water partition coefficient (Wildman–Crippen LogP) is 3.75. The lowest BCUT2D eigenvalue weighted by molar-refractivity contribution is -0.116. The minimum atomic E-state index is -0.107. The summed E-state index contributed by atoms with van der Waals surface area (Å²) in [6.07, 6.45) is 4.58. The average Bonchev–Trinajstić information content (AvgIpc) is 2.71. The van der Waals surface area contributed by atoms with Gasteiger partial charge in [0.2, 0.25) is 5.91 Å². The summed E-state index contributed by atoms with van der Waals surface area (Å²) in [7, 11) is 0. The third-order valence-corrected chi connectivity index (χ3v) is 4.47. The number of rotatable bonds is 8. The maximum Gasteiger partial charge on any atom is 0.251 e. The van der Waals surface area contributed by atoms with Crippen molar-refractivity contribution in [1.82, 2.24) is 10.3 Å². The molecular formula is C22H24N4O2. The maximum atomic E-state index is 12.2. The van der Waals surface area contributed by atoms with E-state index in [9.17, 15) is 9.59 Å². The summed E-state index contributed by atoms with van der Waals surface area (Å²) >= 11 is 0. The van der Waals surface area contributed by atoms with E-state index in [1.54, 1.807) is 30.5 Å². The van der Waals surface area contributed by atoms with Crippen LogP contribution in [0.5, 0.6) is 0 Å². The van der Waals surface area contributed by atoms with Crippen molar-refractivity contribution >= 4 is 34.1 Å². The second kappa shape index (κ2) is 9.50. The van der Waals surface area contributed by atoms with Crippen LogP contribution in [0.3, 0.4) is 0 Å². The molecule has 3 aromatic rings. The van der Waals surface area contributed by atoms with E-state index in [0.717, 1.165) is 30.2 Å². The predicted molar refractivity (Wildman–Crippen MR) is 112 cm³/mol. The molecule has 6 heteroatoms. The number of para-hydroxylation sites is 2. The molecule has 6 nitrogen and oxygen atoms in total. The van der Waals surface area contributed by atoms with Crippen LogP contribution in [0.4, 0.5) is 11.4 Å². The largest absolute Gasteiger partial charge is 0.397 e. The van der Waals surface area contributed by atoms with Crippen LogP contribution >= 0.6 is 0 Å². The van der Waals surface area contributed by atoms with Gasteiger partial charge in [0.1, 0.15) is 0 Å². The fraction of sp³-hybridized carbons (Fsp3) is 0.227. The molecular weight excluding hydrogens is 352 g/mol. The molecule has 3 rings (SSSR count). The lowest BCUT2D eigenvalue weighted by atomic mass is 10.1. The highest BCUT2D eigenvalue weighted by atomic mass is 16.2. The van der Waals surface area contributed by atoms with Crippen molar-refractivity contribution in [2.75, 3.05) is 17.6 Å². The Kier molecular flexibility index (Phi) is 6.57. The van der Waals surface area contributed by atoms with Crippen LogP contribution in [0.1, 0.15) is 36.0 Å². The first-order chi connectivity index (χ1) is 13.6. The van der Waals surface area contributed by atoms with Gasteiger partial charge in [-0.2, -0.15) is 0 Å². The molecule has 0 spiro atoms. The number of nitrogens with two attached hydrogens (primary N) is 1. The number of pyridine rings is 1. The zero-order valence-corrected chi connectivity index (χ0v) is 15.7. The van der Waals surface area contributed by atoms with E-state index in [2.05, 4.69) is 15.6 Å². The quantitative estimate of drug-likeness (QED) is 0.412. The van der Waals surface area contributed by atoms with Crippen LogP contribution < -0.4 is 16.4 Å². The minimum absolute atomic E-state index is 0.0504. The summed E-state index contributed by atoms with van der Waals surface area (Å²) in [4.78, 5) is 28.5. The molecule has 0 aliphatic heterocycles. The Morgan fingerprint density at radius 2 is 1.82 bits per heavy atom. The first kappa shape index (κ1) is 19.4. The molecule has 0 aliphatic rings. The molecule has 0 fully saturated rings. The Morgan fingerprint density at radius 1 is 0.964 bits per heavy atom. The zero-order chi connectivity index (χ0) is 19.8. The molecule has 28 heavy (non-hydrogen) atoms. The second-order valence-electron chi connectivity index (χ2n) is 6.61. The van der Waals surface area contributed by atoms with E-state index in [0.29, 0.717) is 29.9 Å². The van der Waals surface area contributed by atoms with Crippen LogP contribution in [0.25, 0.3) is 10.9 Å². The van der Waals surface area contributed by atoms with Gasteiger partial charge in [-0.1, -0.05) is 30.7 Å². The lowest BCUT2D eigenvalue weighted by Gasteiger charge is -2.08. The molecule has 4 N–H and O–H groups in total. The zero-order valence-electron chi connectivity index (χ0n) is 15.7. The Hall–Kier alpha value is -3.41. The number of nitrogens with zero attached hydrogens (tertiary/aromatic N) is 1. The third kappa shape index (κ3) is 5.30. The van der Waals surface area contributed by atoms with E-state index in [4.69, 9.17) is 5.73 Å². The number of amides is 2. The van der Waals surface area contributed by atoms with Gasteiger partial charge >= 0.3 is 0 Å². The number of carbonyl (C=O) groups is 2. The van der Waals surface area contributed by atoms with Crippen molar-refractivity contribution in [3.63, 3.8) is 0 Å². The van der Waals surface area contributed by atoms with Gasteiger partial charge in [0.15, 0.2) is 0 Å². The fourth-order valence-electron chi connectivity index (χ4n) is 2.92. The highest BCUT2D eigenvalue weighted by molar-refractivity contribution is 5.97. The van der Waals surface area contributed by atoms with Gasteiger partial charge in [-0.15, -0.1) is 0 Å². The molecule has 0 saturated heterocycles. The fourth-order valence-corrected chi connectivity index (χ4v) is 2.92. The molecule has 0 saturated carbocycles. The van der Waals surface area contributed by atoms with Crippen LogP contribution in [0, 0.1) is 0 Å². The van der Waals surface area contributed by atoms with Crippen LogP contribution in [0.15, 0.2) is 60.8 Å². The van der Waals surface area contributed by atoms with Gasteiger partial charge in [-0.25, -0.2) is 0 Å². The Balaban J connectivity index is 1.34. The Bertz CT molecular complexity index is 971. The molecule has 2 amide bonds. The first-order valence-electron chi connectivity index (χ1n) is 9.41. The molecule has 0 unspecified atom stereocenters. The number of fused-ring (bicyclic) bond motifs is 1. The summed E-state index contributed by atoms with van der Waals surface area (Å²) in [5, 5.41) is 6.74. The highest BCUT2D eigenvalue weighted by Crippen LogP contribution is 2.17. The van der Waals surface area contributed by atoms with Gasteiger partial charge < -0.3 is 16.4 Å². The van der Waals surface area contributed by atoms with E-state index in [1.807, 2.05) is 30.3 Å². The number of benzene rings is 2. The second-order valence-corrected chi connectivity index (χ2v) is 6.61. The molecule has 144 valence electrons. The monoisotopic (exact) mass is 376 g/mol. The van der Waals surface area contributed by atoms with E-state index < -0.39 is 0 Å². The molecule has 0 atom stereocenters. The van der Waals surface area contributed by atoms with Gasteiger partial charge in [0.25, 0.3) is 5.91 Å². The number of nitrogens with one attached hydrogen (secondary N) is 2. The number of unbranched alkanes of at least 4 members (excludes halogenated alkanes) is 2. The van der Waals surface area contributed by atoms with Gasteiger partial charge in [-0.3, -0.25) is 14.6 Å². The number of anilines is 2. The minimum Gasteiger partial charge on any atom is -0.397 e. The molecule has 0 aliphatic carbocycles. The van der Waals surface area contributed by atoms with Crippen molar-refractivity contribution in [1.29, 1.82) is 0 Å². The number of aromatic nitrogens is 1. The van der Waals surface area contributed by atoms with Crippen molar-refractivity contribution < 1.29 is 9.59 Å². The Morgan fingerprint density at radius 3 is 2.68 bits per heavy atom. The molecule has 0 bridgehead atoms. The van der Waals surface area contributed by atoms with Crippen LogP contribution in [-0.2, 0) is 4.79 Å². The third-order valence-electron chi connectivity index (χ3n) is 4.47. The summed E-state index contributed by atoms with van der Waals surface area (Å²) in [5.41, 5.74) is 8.42. The summed E-state index contributed by atoms with van der Waals surface area (Å²) < 4.78 is 0. The van der Waals surface area contributed by atoms with E-state index in [-0.39, 0.29) is 11.8 Å². The number of hydrogen-bond donors (Lipinski definition) is 3. The number of nitrogen functional groups attached to an aromatic ring is 1. The van der Waals surface area contributed by atoms with Crippen molar-refractivity contribution in [3.8, 4) is 0 Å². The maximum absolute atomic E-state index is 12.2. The topological polar surface area (TPSA) is 97.1 Å². The Labute approximate surface area is 164 Å². The normalized spacial score (nSPS) is 10.6. The SMILES string of the molecule is Nc1ccccc1NC(=O)CCCCCNC(=O)c1ccc2cccnc2c1. The van der Waals surface area contributed by atoms with Crippen molar-refractivity contribution in [2.45, 2.75) is 25.7 Å². The summed E-state index contributed by atoms with van der Waals surface area (Å²) in [6, 6.07) is 16.5.